The smallest absolute Gasteiger partial charge is 0.326 e. The van der Waals surface area contributed by atoms with Crippen LogP contribution in [0.3, 0.4) is 0 Å². The van der Waals surface area contributed by atoms with E-state index in [1.165, 1.54) is 4.90 Å². The monoisotopic (exact) mass is 233 g/mol. The highest BCUT2D eigenvalue weighted by atomic mass is 16.4. The van der Waals surface area contributed by atoms with E-state index in [1.807, 2.05) is 31.2 Å². The van der Waals surface area contributed by atoms with Crippen LogP contribution in [-0.2, 0) is 16.1 Å². The lowest BCUT2D eigenvalue weighted by molar-refractivity contribution is -0.146. The summed E-state index contributed by atoms with van der Waals surface area (Å²) in [6, 6.07) is 7.06. The quantitative estimate of drug-likeness (QED) is 0.862. The largest absolute Gasteiger partial charge is 0.480 e. The lowest BCUT2D eigenvalue weighted by Gasteiger charge is -2.22. The summed E-state index contributed by atoms with van der Waals surface area (Å²) in [5.74, 6) is -0.981. The number of likely N-dealkylation sites (tertiary alicyclic amines) is 1. The van der Waals surface area contributed by atoms with Crippen molar-refractivity contribution >= 4 is 11.9 Å². The Bertz CT molecular complexity index is 456. The van der Waals surface area contributed by atoms with Gasteiger partial charge in [-0.1, -0.05) is 24.3 Å². The zero-order valence-corrected chi connectivity index (χ0v) is 9.72. The Labute approximate surface area is 99.9 Å². The summed E-state index contributed by atoms with van der Waals surface area (Å²) in [7, 11) is 0. The second kappa shape index (κ2) is 4.57. The van der Waals surface area contributed by atoms with Gasteiger partial charge in [-0.15, -0.1) is 0 Å². The Kier molecular flexibility index (Phi) is 3.13. The lowest BCUT2D eigenvalue weighted by atomic mass is 10.1. The average molecular weight is 233 g/mol. The standard InChI is InChI=1S/C13H15NO3/c1-9-4-2-3-5-10(9)8-14-11(13(16)17)6-7-12(14)15/h2-5,11H,6-8H2,1H3,(H,16,17). The predicted octanol–water partition coefficient (Wildman–Crippen LogP) is 1.57. The third-order valence-electron chi connectivity index (χ3n) is 3.22. The summed E-state index contributed by atoms with van der Waals surface area (Å²) in [6.45, 7) is 2.36. The number of hydrogen-bond acceptors (Lipinski definition) is 2. The van der Waals surface area contributed by atoms with E-state index < -0.39 is 12.0 Å². The van der Waals surface area contributed by atoms with Gasteiger partial charge in [0.15, 0.2) is 0 Å². The fourth-order valence-corrected chi connectivity index (χ4v) is 2.16. The van der Waals surface area contributed by atoms with Gasteiger partial charge < -0.3 is 10.0 Å². The van der Waals surface area contributed by atoms with E-state index in [9.17, 15) is 9.59 Å². The van der Waals surface area contributed by atoms with E-state index in [0.717, 1.165) is 11.1 Å². The van der Waals surface area contributed by atoms with Crippen molar-refractivity contribution in [1.82, 2.24) is 4.90 Å². The molecule has 1 aliphatic rings. The summed E-state index contributed by atoms with van der Waals surface area (Å²) in [5.41, 5.74) is 2.09. The van der Waals surface area contributed by atoms with Crippen LogP contribution in [0, 0.1) is 6.92 Å². The molecular weight excluding hydrogens is 218 g/mol. The van der Waals surface area contributed by atoms with E-state index in [4.69, 9.17) is 5.11 Å². The van der Waals surface area contributed by atoms with Crippen LogP contribution in [0.1, 0.15) is 24.0 Å². The second-order valence-electron chi connectivity index (χ2n) is 4.34. The minimum absolute atomic E-state index is 0.0688. The molecule has 1 unspecified atom stereocenters. The number of carbonyl (C=O) groups is 2. The number of nitrogens with zero attached hydrogens (tertiary/aromatic N) is 1. The van der Waals surface area contributed by atoms with Gasteiger partial charge in [0.2, 0.25) is 5.91 Å². The Balaban J connectivity index is 2.19. The van der Waals surface area contributed by atoms with Crippen LogP contribution in [-0.4, -0.2) is 27.9 Å². The van der Waals surface area contributed by atoms with Crippen molar-refractivity contribution in [3.8, 4) is 0 Å². The van der Waals surface area contributed by atoms with Gasteiger partial charge in [-0.05, 0) is 24.5 Å². The molecule has 90 valence electrons. The molecule has 1 atom stereocenters. The van der Waals surface area contributed by atoms with Crippen LogP contribution < -0.4 is 0 Å². The maximum atomic E-state index is 11.7. The number of carbonyl (C=O) groups excluding carboxylic acids is 1. The second-order valence-corrected chi connectivity index (χ2v) is 4.34. The topological polar surface area (TPSA) is 57.6 Å². The molecule has 0 bridgehead atoms. The molecule has 1 fully saturated rings. The van der Waals surface area contributed by atoms with Crippen molar-refractivity contribution in [2.75, 3.05) is 0 Å². The SMILES string of the molecule is Cc1ccccc1CN1C(=O)CCC1C(=O)O. The van der Waals surface area contributed by atoms with Crippen molar-refractivity contribution in [3.63, 3.8) is 0 Å². The van der Waals surface area contributed by atoms with Crippen molar-refractivity contribution in [2.24, 2.45) is 0 Å². The van der Waals surface area contributed by atoms with Crippen molar-refractivity contribution in [1.29, 1.82) is 0 Å². The van der Waals surface area contributed by atoms with Gasteiger partial charge in [0, 0.05) is 13.0 Å². The number of aliphatic carboxylic acids is 1. The molecule has 4 nitrogen and oxygen atoms in total. The van der Waals surface area contributed by atoms with E-state index in [1.54, 1.807) is 0 Å². The molecule has 1 N–H and O–H groups in total. The fraction of sp³-hybridized carbons (Fsp3) is 0.385. The van der Waals surface area contributed by atoms with Crippen LogP contribution in [0.15, 0.2) is 24.3 Å². The highest BCUT2D eigenvalue weighted by Gasteiger charge is 2.35. The van der Waals surface area contributed by atoms with Gasteiger partial charge in [-0.25, -0.2) is 4.79 Å². The molecule has 4 heteroatoms. The molecule has 0 aliphatic carbocycles. The first kappa shape index (κ1) is 11.6. The molecule has 0 spiro atoms. The molecule has 0 radical (unpaired) electrons. The lowest BCUT2D eigenvalue weighted by Crippen LogP contribution is -2.38. The summed E-state index contributed by atoms with van der Waals surface area (Å²) < 4.78 is 0. The molecule has 1 aliphatic heterocycles. The average Bonchev–Trinajstić information content (AvgIpc) is 2.64. The van der Waals surface area contributed by atoms with Crippen LogP contribution in [0.2, 0.25) is 0 Å². The van der Waals surface area contributed by atoms with Gasteiger partial charge in [0.1, 0.15) is 6.04 Å². The number of rotatable bonds is 3. The number of benzene rings is 1. The Morgan fingerprint density at radius 3 is 2.82 bits per heavy atom. The van der Waals surface area contributed by atoms with Gasteiger partial charge in [-0.3, -0.25) is 4.79 Å². The van der Waals surface area contributed by atoms with Crippen molar-refractivity contribution < 1.29 is 14.7 Å². The third kappa shape index (κ3) is 2.30. The van der Waals surface area contributed by atoms with E-state index in [2.05, 4.69) is 0 Å². The highest BCUT2D eigenvalue weighted by Crippen LogP contribution is 2.22. The molecule has 17 heavy (non-hydrogen) atoms. The summed E-state index contributed by atoms with van der Waals surface area (Å²) >= 11 is 0. The maximum absolute atomic E-state index is 11.7. The first-order valence-corrected chi connectivity index (χ1v) is 5.66. The molecule has 0 saturated carbocycles. The zero-order valence-electron chi connectivity index (χ0n) is 9.72. The van der Waals surface area contributed by atoms with E-state index >= 15 is 0 Å². The van der Waals surface area contributed by atoms with Gasteiger partial charge in [0.05, 0.1) is 0 Å². The molecule has 0 aromatic heterocycles. The number of carboxylic acids is 1. The predicted molar refractivity (Wildman–Crippen MR) is 62.4 cm³/mol. The Morgan fingerprint density at radius 1 is 1.47 bits per heavy atom. The summed E-state index contributed by atoms with van der Waals surface area (Å²) in [6.07, 6.45) is 0.753. The molecule has 1 aromatic carbocycles. The molecule has 2 rings (SSSR count). The molecule has 1 amide bonds. The third-order valence-corrected chi connectivity index (χ3v) is 3.22. The number of carboxylic acid groups (broad SMARTS) is 1. The normalized spacial score (nSPS) is 19.7. The highest BCUT2D eigenvalue weighted by molar-refractivity contribution is 5.87. The number of aryl methyl sites for hydroxylation is 1. The van der Waals surface area contributed by atoms with E-state index in [-0.39, 0.29) is 5.91 Å². The zero-order chi connectivity index (χ0) is 12.4. The van der Waals surface area contributed by atoms with Crippen LogP contribution in [0.25, 0.3) is 0 Å². The summed E-state index contributed by atoms with van der Waals surface area (Å²) in [4.78, 5) is 24.2. The number of amides is 1. The first-order chi connectivity index (χ1) is 8.09. The molecular formula is C13H15NO3. The van der Waals surface area contributed by atoms with Crippen molar-refractivity contribution in [3.05, 3.63) is 35.4 Å². The maximum Gasteiger partial charge on any atom is 0.326 e. The fourth-order valence-electron chi connectivity index (χ4n) is 2.16. The Hall–Kier alpha value is -1.84. The minimum Gasteiger partial charge on any atom is -0.480 e. The molecule has 1 aromatic rings. The minimum atomic E-state index is -0.913. The number of hydrogen-bond donors (Lipinski definition) is 1. The van der Waals surface area contributed by atoms with Crippen LogP contribution >= 0.6 is 0 Å². The molecule has 1 saturated heterocycles. The van der Waals surface area contributed by atoms with Crippen molar-refractivity contribution in [2.45, 2.75) is 32.4 Å². The first-order valence-electron chi connectivity index (χ1n) is 5.66. The van der Waals surface area contributed by atoms with E-state index in [0.29, 0.717) is 19.4 Å². The van der Waals surface area contributed by atoms with Gasteiger partial charge in [0.25, 0.3) is 0 Å². The molecule has 1 heterocycles. The summed E-state index contributed by atoms with van der Waals surface area (Å²) in [5, 5.41) is 9.05. The Morgan fingerprint density at radius 2 is 2.18 bits per heavy atom. The van der Waals surface area contributed by atoms with Crippen LogP contribution in [0.5, 0.6) is 0 Å². The van der Waals surface area contributed by atoms with Gasteiger partial charge >= 0.3 is 5.97 Å². The van der Waals surface area contributed by atoms with Gasteiger partial charge in [-0.2, -0.15) is 0 Å². The van der Waals surface area contributed by atoms with Crippen LogP contribution in [0.4, 0.5) is 0 Å².